The van der Waals surface area contributed by atoms with E-state index in [0.29, 0.717) is 11.1 Å². The molecular weight excluding hydrogens is 236 g/mol. The topological polar surface area (TPSA) is 50.9 Å². The Balaban J connectivity index is 2.45. The highest BCUT2D eigenvalue weighted by molar-refractivity contribution is 5.32. The molecule has 2 rings (SSSR count). The first-order chi connectivity index (χ1) is 8.63. The fourth-order valence-corrected chi connectivity index (χ4v) is 1.79. The van der Waals surface area contributed by atoms with Crippen LogP contribution in [0, 0.1) is 18.6 Å². The number of halogens is 2. The number of pyridine rings is 1. The predicted octanol–water partition coefficient (Wildman–Crippen LogP) is 2.22. The second-order valence-electron chi connectivity index (χ2n) is 3.98. The van der Waals surface area contributed by atoms with Crippen molar-refractivity contribution in [2.45, 2.75) is 13.0 Å². The third-order valence-electron chi connectivity index (χ3n) is 2.74. The zero-order valence-corrected chi connectivity index (χ0v) is 9.82. The van der Waals surface area contributed by atoms with Crippen LogP contribution in [0.4, 0.5) is 8.78 Å². The van der Waals surface area contributed by atoms with E-state index in [-0.39, 0.29) is 11.5 Å². The van der Waals surface area contributed by atoms with Gasteiger partial charge in [0.05, 0.1) is 11.7 Å². The Hall–Kier alpha value is -1.85. The highest BCUT2D eigenvalue weighted by Gasteiger charge is 2.18. The molecule has 0 radical (unpaired) electrons. The largest absolute Gasteiger partial charge is 0.271 e. The van der Waals surface area contributed by atoms with Crippen LogP contribution in [0.25, 0.3) is 0 Å². The molecule has 0 aliphatic carbocycles. The third-order valence-corrected chi connectivity index (χ3v) is 2.74. The quantitative estimate of drug-likeness (QED) is 0.647. The lowest BCUT2D eigenvalue weighted by Crippen LogP contribution is -2.30. The first-order valence-corrected chi connectivity index (χ1v) is 5.46. The first-order valence-electron chi connectivity index (χ1n) is 5.46. The average Bonchev–Trinajstić information content (AvgIpc) is 2.37. The number of nitrogens with two attached hydrogens (primary N) is 1. The van der Waals surface area contributed by atoms with Gasteiger partial charge in [0.15, 0.2) is 0 Å². The summed E-state index contributed by atoms with van der Waals surface area (Å²) in [6, 6.07) is 6.71. The predicted molar refractivity (Wildman–Crippen MR) is 64.5 cm³/mol. The molecule has 0 aliphatic rings. The molecule has 0 saturated heterocycles. The maximum atomic E-state index is 13.7. The second-order valence-corrected chi connectivity index (χ2v) is 3.98. The number of benzene rings is 1. The minimum absolute atomic E-state index is 0.186. The molecule has 3 N–H and O–H groups in total. The van der Waals surface area contributed by atoms with Gasteiger partial charge >= 0.3 is 0 Å². The van der Waals surface area contributed by atoms with Crippen molar-refractivity contribution in [2.24, 2.45) is 5.84 Å². The van der Waals surface area contributed by atoms with Gasteiger partial charge in [-0.25, -0.2) is 14.2 Å². The van der Waals surface area contributed by atoms with Gasteiger partial charge in [-0.2, -0.15) is 0 Å². The Bertz CT molecular complexity index is 558. The van der Waals surface area contributed by atoms with Crippen molar-refractivity contribution >= 4 is 0 Å². The maximum absolute atomic E-state index is 13.7. The Morgan fingerprint density at radius 1 is 1.22 bits per heavy atom. The fourth-order valence-electron chi connectivity index (χ4n) is 1.79. The molecule has 0 aliphatic heterocycles. The van der Waals surface area contributed by atoms with E-state index in [1.54, 1.807) is 19.1 Å². The number of hydrazine groups is 1. The summed E-state index contributed by atoms with van der Waals surface area (Å²) in [5.41, 5.74) is 3.82. The number of nitrogens with one attached hydrogen (secondary N) is 1. The van der Waals surface area contributed by atoms with E-state index in [2.05, 4.69) is 10.4 Å². The lowest BCUT2D eigenvalue weighted by Gasteiger charge is -2.17. The molecule has 0 amide bonds. The van der Waals surface area contributed by atoms with Crippen molar-refractivity contribution in [3.63, 3.8) is 0 Å². The van der Waals surface area contributed by atoms with Crippen molar-refractivity contribution in [2.75, 3.05) is 0 Å². The second kappa shape index (κ2) is 5.20. The molecule has 0 fully saturated rings. The summed E-state index contributed by atoms with van der Waals surface area (Å²) in [6.07, 6.45) is 1.49. The Kier molecular flexibility index (Phi) is 3.64. The van der Waals surface area contributed by atoms with Gasteiger partial charge in [-0.15, -0.1) is 0 Å². The molecule has 1 aromatic heterocycles. The van der Waals surface area contributed by atoms with E-state index >= 15 is 0 Å². The van der Waals surface area contributed by atoms with E-state index in [0.717, 1.165) is 0 Å². The minimum Gasteiger partial charge on any atom is -0.271 e. The van der Waals surface area contributed by atoms with Crippen LogP contribution in [0.3, 0.4) is 0 Å². The van der Waals surface area contributed by atoms with Crippen LogP contribution in [0.2, 0.25) is 0 Å². The Morgan fingerprint density at radius 3 is 2.61 bits per heavy atom. The van der Waals surface area contributed by atoms with Crippen LogP contribution in [-0.2, 0) is 0 Å². The summed E-state index contributed by atoms with van der Waals surface area (Å²) in [4.78, 5) is 3.97. The highest BCUT2D eigenvalue weighted by Crippen LogP contribution is 2.23. The summed E-state index contributed by atoms with van der Waals surface area (Å²) in [7, 11) is 0. The molecule has 1 atom stereocenters. The SMILES string of the molecule is Cc1cc(C(NN)c2ncccc2F)ccc1F. The van der Waals surface area contributed by atoms with Crippen LogP contribution < -0.4 is 11.3 Å². The molecule has 1 heterocycles. The number of rotatable bonds is 3. The Morgan fingerprint density at radius 2 is 2.00 bits per heavy atom. The van der Waals surface area contributed by atoms with Gasteiger partial charge in [-0.1, -0.05) is 12.1 Å². The standard InChI is InChI=1S/C13H13F2N3/c1-8-7-9(4-5-10(8)14)12(18-16)13-11(15)3-2-6-17-13/h2-7,12,18H,16H2,1H3. The summed E-state index contributed by atoms with van der Waals surface area (Å²) >= 11 is 0. The van der Waals surface area contributed by atoms with Gasteiger partial charge in [0, 0.05) is 6.20 Å². The minimum atomic E-state index is -0.606. The normalized spacial score (nSPS) is 12.4. The van der Waals surface area contributed by atoms with Crippen LogP contribution in [0.1, 0.15) is 22.9 Å². The molecule has 0 saturated carbocycles. The lowest BCUT2D eigenvalue weighted by atomic mass is 10.0. The van der Waals surface area contributed by atoms with Gasteiger partial charge in [0.1, 0.15) is 11.6 Å². The van der Waals surface area contributed by atoms with Crippen LogP contribution in [-0.4, -0.2) is 4.98 Å². The van der Waals surface area contributed by atoms with Gasteiger partial charge < -0.3 is 0 Å². The van der Waals surface area contributed by atoms with Gasteiger partial charge in [-0.3, -0.25) is 10.8 Å². The molecule has 94 valence electrons. The molecule has 5 heteroatoms. The zero-order valence-electron chi connectivity index (χ0n) is 9.82. The van der Waals surface area contributed by atoms with E-state index in [1.165, 1.54) is 24.4 Å². The summed E-state index contributed by atoms with van der Waals surface area (Å²) in [5, 5.41) is 0. The molecule has 3 nitrogen and oxygen atoms in total. The molecule has 0 spiro atoms. The van der Waals surface area contributed by atoms with Crippen LogP contribution in [0.15, 0.2) is 36.5 Å². The summed E-state index contributed by atoms with van der Waals surface area (Å²) in [5.74, 6) is 4.68. The van der Waals surface area contributed by atoms with E-state index in [1.807, 2.05) is 0 Å². The maximum Gasteiger partial charge on any atom is 0.146 e. The smallest absolute Gasteiger partial charge is 0.146 e. The van der Waals surface area contributed by atoms with Gasteiger partial charge in [-0.05, 0) is 36.2 Å². The number of nitrogens with zero attached hydrogens (tertiary/aromatic N) is 1. The summed E-state index contributed by atoms with van der Waals surface area (Å²) < 4.78 is 26.9. The number of hydrogen-bond acceptors (Lipinski definition) is 3. The van der Waals surface area contributed by atoms with Gasteiger partial charge in [0.2, 0.25) is 0 Å². The van der Waals surface area contributed by atoms with Crippen molar-refractivity contribution in [1.29, 1.82) is 0 Å². The van der Waals surface area contributed by atoms with Crippen molar-refractivity contribution in [3.8, 4) is 0 Å². The molecule has 18 heavy (non-hydrogen) atoms. The van der Waals surface area contributed by atoms with Gasteiger partial charge in [0.25, 0.3) is 0 Å². The fraction of sp³-hybridized carbons (Fsp3) is 0.154. The monoisotopic (exact) mass is 249 g/mol. The Labute approximate surface area is 104 Å². The van der Waals surface area contributed by atoms with E-state index in [4.69, 9.17) is 5.84 Å². The zero-order chi connectivity index (χ0) is 13.1. The molecule has 1 aromatic carbocycles. The van der Waals surface area contributed by atoms with Crippen LogP contribution in [0.5, 0.6) is 0 Å². The number of aromatic nitrogens is 1. The van der Waals surface area contributed by atoms with Crippen LogP contribution >= 0.6 is 0 Å². The van der Waals surface area contributed by atoms with Crippen molar-refractivity contribution in [1.82, 2.24) is 10.4 Å². The summed E-state index contributed by atoms with van der Waals surface area (Å²) in [6.45, 7) is 1.64. The lowest BCUT2D eigenvalue weighted by molar-refractivity contribution is 0.542. The first kappa shape index (κ1) is 12.6. The van der Waals surface area contributed by atoms with E-state index in [9.17, 15) is 8.78 Å². The number of hydrogen-bond donors (Lipinski definition) is 2. The molecule has 0 bridgehead atoms. The molecular formula is C13H13F2N3. The molecule has 1 unspecified atom stereocenters. The van der Waals surface area contributed by atoms with Crippen molar-refractivity contribution < 1.29 is 8.78 Å². The number of aryl methyl sites for hydroxylation is 1. The van der Waals surface area contributed by atoms with Crippen molar-refractivity contribution in [3.05, 3.63) is 65.0 Å². The molecule has 2 aromatic rings. The highest BCUT2D eigenvalue weighted by atomic mass is 19.1. The average molecular weight is 249 g/mol. The third kappa shape index (κ3) is 2.37. The van der Waals surface area contributed by atoms with E-state index < -0.39 is 11.9 Å².